The molecule has 1 N–H and O–H groups in total. The van der Waals surface area contributed by atoms with Crippen molar-refractivity contribution in [3.8, 4) is 0 Å². The fourth-order valence-electron chi connectivity index (χ4n) is 1.98. The largest absolute Gasteiger partial charge is 0.322 e. The van der Waals surface area contributed by atoms with E-state index in [1.54, 1.807) is 18.3 Å². The third kappa shape index (κ3) is 3.23. The predicted molar refractivity (Wildman–Crippen MR) is 82.1 cm³/mol. The fraction of sp³-hybridized carbons (Fsp3) is 0.294. The molecule has 0 spiro atoms. The first-order valence-corrected chi connectivity index (χ1v) is 6.71. The van der Waals surface area contributed by atoms with Gasteiger partial charge < -0.3 is 5.32 Å². The summed E-state index contributed by atoms with van der Waals surface area (Å²) >= 11 is 0. The minimum absolute atomic E-state index is 0.114. The molecule has 2 aromatic rings. The van der Waals surface area contributed by atoms with Gasteiger partial charge in [-0.2, -0.15) is 0 Å². The normalized spacial score (nSPS) is 11.2. The Morgan fingerprint density at radius 1 is 1.10 bits per heavy atom. The van der Waals surface area contributed by atoms with E-state index in [9.17, 15) is 4.79 Å². The zero-order chi connectivity index (χ0) is 14.8. The number of aromatic nitrogens is 1. The Morgan fingerprint density at radius 3 is 2.30 bits per heavy atom. The molecule has 0 fully saturated rings. The number of pyridine rings is 1. The highest BCUT2D eigenvalue weighted by atomic mass is 16.1. The zero-order valence-electron chi connectivity index (χ0n) is 12.4. The van der Waals surface area contributed by atoms with E-state index in [-0.39, 0.29) is 11.3 Å². The summed E-state index contributed by atoms with van der Waals surface area (Å²) in [4.78, 5) is 16.3. The Kier molecular flexibility index (Phi) is 3.89. The van der Waals surface area contributed by atoms with Gasteiger partial charge >= 0.3 is 0 Å². The van der Waals surface area contributed by atoms with Gasteiger partial charge in [0, 0.05) is 17.6 Å². The van der Waals surface area contributed by atoms with Gasteiger partial charge in [0.25, 0.3) is 5.91 Å². The van der Waals surface area contributed by atoms with Crippen LogP contribution in [0.4, 0.5) is 5.69 Å². The molecule has 0 unspecified atom stereocenters. The van der Waals surface area contributed by atoms with Crippen LogP contribution in [0.5, 0.6) is 0 Å². The molecule has 1 aromatic carbocycles. The van der Waals surface area contributed by atoms with Crippen LogP contribution in [0.3, 0.4) is 0 Å². The Balaban J connectivity index is 2.15. The van der Waals surface area contributed by atoms with Crippen LogP contribution in [-0.2, 0) is 5.41 Å². The summed E-state index contributed by atoms with van der Waals surface area (Å²) in [5.41, 5.74) is 3.49. The lowest BCUT2D eigenvalue weighted by Crippen LogP contribution is -2.15. The lowest BCUT2D eigenvalue weighted by Gasteiger charge is -2.19. The van der Waals surface area contributed by atoms with E-state index in [1.807, 2.05) is 31.2 Å². The van der Waals surface area contributed by atoms with Crippen LogP contribution in [-0.4, -0.2) is 10.9 Å². The average Bonchev–Trinajstić information content (AvgIpc) is 2.38. The number of hydrogen-bond acceptors (Lipinski definition) is 2. The van der Waals surface area contributed by atoms with E-state index in [1.165, 1.54) is 5.56 Å². The standard InChI is InChI=1S/C17H20N2O/c1-12-15(6-5-11-18-12)16(20)19-14-9-7-13(8-10-14)17(2,3)4/h5-11H,1-4H3,(H,19,20). The maximum Gasteiger partial charge on any atom is 0.257 e. The summed E-state index contributed by atoms with van der Waals surface area (Å²) in [5, 5.41) is 2.90. The number of aryl methyl sites for hydroxylation is 1. The highest BCUT2D eigenvalue weighted by Crippen LogP contribution is 2.23. The van der Waals surface area contributed by atoms with E-state index in [0.29, 0.717) is 5.56 Å². The molecule has 0 saturated heterocycles. The third-order valence-electron chi connectivity index (χ3n) is 3.26. The van der Waals surface area contributed by atoms with Gasteiger partial charge in [-0.25, -0.2) is 0 Å². The molecule has 1 heterocycles. The van der Waals surface area contributed by atoms with E-state index >= 15 is 0 Å². The van der Waals surface area contributed by atoms with Gasteiger partial charge in [0.05, 0.1) is 5.56 Å². The molecule has 3 nitrogen and oxygen atoms in total. The second-order valence-corrected chi connectivity index (χ2v) is 5.92. The Morgan fingerprint density at radius 2 is 1.75 bits per heavy atom. The van der Waals surface area contributed by atoms with Crippen LogP contribution in [0, 0.1) is 6.92 Å². The highest BCUT2D eigenvalue weighted by molar-refractivity contribution is 6.04. The van der Waals surface area contributed by atoms with Crippen LogP contribution in [0.2, 0.25) is 0 Å². The molecule has 0 bridgehead atoms. The Bertz CT molecular complexity index is 610. The van der Waals surface area contributed by atoms with Crippen molar-refractivity contribution in [1.29, 1.82) is 0 Å². The number of nitrogens with one attached hydrogen (secondary N) is 1. The molecule has 0 radical (unpaired) electrons. The van der Waals surface area contributed by atoms with Crippen molar-refractivity contribution in [3.63, 3.8) is 0 Å². The summed E-state index contributed by atoms with van der Waals surface area (Å²) in [6, 6.07) is 11.5. The molecule has 20 heavy (non-hydrogen) atoms. The number of benzene rings is 1. The molecule has 1 amide bonds. The third-order valence-corrected chi connectivity index (χ3v) is 3.26. The van der Waals surface area contributed by atoms with E-state index in [4.69, 9.17) is 0 Å². The second-order valence-electron chi connectivity index (χ2n) is 5.92. The Hall–Kier alpha value is -2.16. The van der Waals surface area contributed by atoms with Crippen LogP contribution in [0.15, 0.2) is 42.6 Å². The van der Waals surface area contributed by atoms with Crippen LogP contribution >= 0.6 is 0 Å². The summed E-state index contributed by atoms with van der Waals surface area (Å²) in [6.45, 7) is 8.33. The fourth-order valence-corrected chi connectivity index (χ4v) is 1.98. The SMILES string of the molecule is Cc1ncccc1C(=O)Nc1ccc(C(C)(C)C)cc1. The zero-order valence-corrected chi connectivity index (χ0v) is 12.4. The van der Waals surface area contributed by atoms with Gasteiger partial charge in [-0.05, 0) is 42.2 Å². The molecule has 3 heteroatoms. The topological polar surface area (TPSA) is 42.0 Å². The summed E-state index contributed by atoms with van der Waals surface area (Å²) in [7, 11) is 0. The molecular formula is C17H20N2O. The number of carbonyl (C=O) groups excluding carboxylic acids is 1. The smallest absolute Gasteiger partial charge is 0.257 e. The van der Waals surface area contributed by atoms with Crippen molar-refractivity contribution in [2.45, 2.75) is 33.1 Å². The van der Waals surface area contributed by atoms with E-state index < -0.39 is 0 Å². The molecule has 0 aliphatic rings. The van der Waals surface area contributed by atoms with Gasteiger partial charge in [0.15, 0.2) is 0 Å². The van der Waals surface area contributed by atoms with Crippen LogP contribution < -0.4 is 5.32 Å². The number of amides is 1. The monoisotopic (exact) mass is 268 g/mol. The average molecular weight is 268 g/mol. The number of hydrogen-bond donors (Lipinski definition) is 1. The second kappa shape index (κ2) is 5.45. The van der Waals surface area contributed by atoms with Crippen molar-refractivity contribution >= 4 is 11.6 Å². The summed E-state index contributed by atoms with van der Waals surface area (Å²) in [5.74, 6) is -0.126. The van der Waals surface area contributed by atoms with Crippen molar-refractivity contribution in [2.75, 3.05) is 5.32 Å². The lowest BCUT2D eigenvalue weighted by molar-refractivity contribution is 0.102. The first-order valence-electron chi connectivity index (χ1n) is 6.71. The minimum atomic E-state index is -0.126. The highest BCUT2D eigenvalue weighted by Gasteiger charge is 2.14. The molecule has 104 valence electrons. The first-order chi connectivity index (χ1) is 9.38. The summed E-state index contributed by atoms with van der Waals surface area (Å²) < 4.78 is 0. The molecule has 2 rings (SSSR count). The molecule has 1 aromatic heterocycles. The summed E-state index contributed by atoms with van der Waals surface area (Å²) in [6.07, 6.45) is 1.68. The van der Waals surface area contributed by atoms with Gasteiger partial charge in [0.2, 0.25) is 0 Å². The van der Waals surface area contributed by atoms with Crippen molar-refractivity contribution in [3.05, 3.63) is 59.4 Å². The molecule has 0 atom stereocenters. The minimum Gasteiger partial charge on any atom is -0.322 e. The first kappa shape index (κ1) is 14.3. The molecular weight excluding hydrogens is 248 g/mol. The van der Waals surface area contributed by atoms with Gasteiger partial charge in [-0.1, -0.05) is 32.9 Å². The van der Waals surface area contributed by atoms with Crippen molar-refractivity contribution in [1.82, 2.24) is 4.98 Å². The quantitative estimate of drug-likeness (QED) is 0.896. The van der Waals surface area contributed by atoms with E-state index in [0.717, 1.165) is 11.4 Å². The molecule has 0 saturated carbocycles. The van der Waals surface area contributed by atoms with E-state index in [2.05, 4.69) is 31.1 Å². The molecule has 0 aliphatic heterocycles. The van der Waals surface area contributed by atoms with Gasteiger partial charge in [0.1, 0.15) is 0 Å². The number of anilines is 1. The van der Waals surface area contributed by atoms with Crippen LogP contribution in [0.1, 0.15) is 42.4 Å². The van der Waals surface area contributed by atoms with Gasteiger partial charge in [-0.3, -0.25) is 9.78 Å². The maximum atomic E-state index is 12.2. The lowest BCUT2D eigenvalue weighted by atomic mass is 9.87. The Labute approximate surface area is 120 Å². The predicted octanol–water partition coefficient (Wildman–Crippen LogP) is 3.94. The van der Waals surface area contributed by atoms with Crippen LogP contribution in [0.25, 0.3) is 0 Å². The van der Waals surface area contributed by atoms with Crippen molar-refractivity contribution < 1.29 is 4.79 Å². The number of rotatable bonds is 2. The number of carbonyl (C=O) groups is 1. The number of nitrogens with zero attached hydrogens (tertiary/aromatic N) is 1. The van der Waals surface area contributed by atoms with Gasteiger partial charge in [-0.15, -0.1) is 0 Å². The molecule has 0 aliphatic carbocycles. The van der Waals surface area contributed by atoms with Crippen molar-refractivity contribution in [2.24, 2.45) is 0 Å². The maximum absolute atomic E-state index is 12.2.